The molecule has 2 aliphatic carbocycles. The summed E-state index contributed by atoms with van der Waals surface area (Å²) in [6, 6.07) is 9.47. The summed E-state index contributed by atoms with van der Waals surface area (Å²) in [4.78, 5) is 0. The summed E-state index contributed by atoms with van der Waals surface area (Å²) in [5.41, 5.74) is 1.27. The van der Waals surface area contributed by atoms with Gasteiger partial charge in [-0.3, -0.25) is 0 Å². The molecule has 1 nitrogen and oxygen atoms in total. The summed E-state index contributed by atoms with van der Waals surface area (Å²) in [6.45, 7) is 2.30. The summed E-state index contributed by atoms with van der Waals surface area (Å²) in [5, 5.41) is 4.75. The predicted octanol–water partition coefficient (Wildman–Crippen LogP) is 4.83. The molecule has 0 amide bonds. The molecular formula is C18H26ClN. The van der Waals surface area contributed by atoms with Gasteiger partial charge in [-0.25, -0.2) is 0 Å². The second-order valence-electron chi connectivity index (χ2n) is 6.82. The number of hydrogen-bond donors (Lipinski definition) is 1. The fourth-order valence-corrected chi connectivity index (χ4v) is 4.04. The van der Waals surface area contributed by atoms with E-state index in [9.17, 15) is 0 Å². The fourth-order valence-electron chi connectivity index (χ4n) is 3.83. The van der Waals surface area contributed by atoms with E-state index in [1.165, 1.54) is 44.1 Å². The molecule has 1 N–H and O–H groups in total. The molecule has 2 saturated carbocycles. The van der Waals surface area contributed by atoms with Crippen LogP contribution in [0.25, 0.3) is 0 Å². The van der Waals surface area contributed by atoms with Gasteiger partial charge >= 0.3 is 0 Å². The molecule has 3 unspecified atom stereocenters. The van der Waals surface area contributed by atoms with Crippen molar-refractivity contribution >= 4 is 11.6 Å². The van der Waals surface area contributed by atoms with Crippen LogP contribution in [-0.4, -0.2) is 12.1 Å². The van der Waals surface area contributed by atoms with Crippen molar-refractivity contribution in [2.75, 3.05) is 0 Å². The zero-order chi connectivity index (χ0) is 13.9. The Morgan fingerprint density at radius 1 is 1.15 bits per heavy atom. The molecule has 1 aromatic carbocycles. The van der Waals surface area contributed by atoms with Crippen molar-refractivity contribution in [3.05, 3.63) is 34.9 Å². The van der Waals surface area contributed by atoms with Gasteiger partial charge in [-0.2, -0.15) is 0 Å². The van der Waals surface area contributed by atoms with Crippen molar-refractivity contribution < 1.29 is 0 Å². The van der Waals surface area contributed by atoms with Crippen LogP contribution in [0.2, 0.25) is 5.02 Å². The van der Waals surface area contributed by atoms with Crippen molar-refractivity contribution in [2.45, 2.75) is 64.0 Å². The van der Waals surface area contributed by atoms with E-state index in [0.29, 0.717) is 6.04 Å². The van der Waals surface area contributed by atoms with Crippen LogP contribution in [0.15, 0.2) is 24.3 Å². The number of rotatable bonds is 5. The summed E-state index contributed by atoms with van der Waals surface area (Å²) >= 11 is 6.26. The molecule has 1 aromatic rings. The highest BCUT2D eigenvalue weighted by Crippen LogP contribution is 2.43. The molecule has 0 spiro atoms. The summed E-state index contributed by atoms with van der Waals surface area (Å²) in [6.07, 6.45) is 9.66. The smallest absolute Gasteiger partial charge is 0.0438 e. The average molecular weight is 292 g/mol. The lowest BCUT2D eigenvalue weighted by molar-refractivity contribution is 0.248. The third-order valence-corrected chi connectivity index (χ3v) is 5.38. The quantitative estimate of drug-likeness (QED) is 0.819. The van der Waals surface area contributed by atoms with E-state index in [2.05, 4.69) is 24.4 Å². The fraction of sp³-hybridized carbons (Fsp3) is 0.667. The molecule has 0 saturated heterocycles. The van der Waals surface area contributed by atoms with Crippen LogP contribution in [0.1, 0.15) is 51.0 Å². The van der Waals surface area contributed by atoms with Crippen LogP contribution in [0.4, 0.5) is 0 Å². The molecule has 110 valence electrons. The van der Waals surface area contributed by atoms with E-state index < -0.39 is 0 Å². The highest BCUT2D eigenvalue weighted by atomic mass is 35.5. The van der Waals surface area contributed by atoms with Gasteiger partial charge in [0.25, 0.3) is 0 Å². The van der Waals surface area contributed by atoms with E-state index >= 15 is 0 Å². The molecule has 2 aliphatic rings. The van der Waals surface area contributed by atoms with Crippen molar-refractivity contribution in [1.29, 1.82) is 0 Å². The highest BCUT2D eigenvalue weighted by Gasteiger charge is 2.34. The van der Waals surface area contributed by atoms with Crippen LogP contribution in [-0.2, 0) is 6.42 Å². The molecule has 3 rings (SSSR count). The molecule has 0 aromatic heterocycles. The molecule has 0 heterocycles. The lowest BCUT2D eigenvalue weighted by Gasteiger charge is -2.32. The van der Waals surface area contributed by atoms with Crippen molar-refractivity contribution in [2.24, 2.45) is 11.8 Å². The van der Waals surface area contributed by atoms with Crippen LogP contribution >= 0.6 is 11.6 Å². The molecule has 20 heavy (non-hydrogen) atoms. The van der Waals surface area contributed by atoms with E-state index in [1.54, 1.807) is 0 Å². The SMILES string of the molecule is CC(Cc1ccccc1Cl)NC1CCCC(C2CC2)C1. The first-order valence-electron chi connectivity index (χ1n) is 8.22. The van der Waals surface area contributed by atoms with E-state index in [4.69, 9.17) is 11.6 Å². The van der Waals surface area contributed by atoms with E-state index in [0.717, 1.165) is 29.3 Å². The van der Waals surface area contributed by atoms with Crippen LogP contribution in [0, 0.1) is 11.8 Å². The third kappa shape index (κ3) is 3.77. The minimum Gasteiger partial charge on any atom is -0.311 e. The average Bonchev–Trinajstić information content (AvgIpc) is 3.26. The molecule has 3 atom stereocenters. The van der Waals surface area contributed by atoms with Crippen LogP contribution < -0.4 is 5.32 Å². The topological polar surface area (TPSA) is 12.0 Å². The summed E-state index contributed by atoms with van der Waals surface area (Å²) < 4.78 is 0. The molecule has 0 aliphatic heterocycles. The number of nitrogens with one attached hydrogen (secondary N) is 1. The monoisotopic (exact) mass is 291 g/mol. The maximum Gasteiger partial charge on any atom is 0.0438 e. The van der Waals surface area contributed by atoms with Crippen molar-refractivity contribution in [3.8, 4) is 0 Å². The molecule has 2 heteroatoms. The summed E-state index contributed by atoms with van der Waals surface area (Å²) in [5.74, 6) is 2.08. The Bertz CT molecular complexity index is 441. The van der Waals surface area contributed by atoms with Crippen molar-refractivity contribution in [1.82, 2.24) is 5.32 Å². The van der Waals surface area contributed by atoms with Gasteiger partial charge in [-0.05, 0) is 62.5 Å². The normalized spacial score (nSPS) is 28.3. The maximum atomic E-state index is 6.26. The standard InChI is InChI=1S/C18H26ClN/c1-13(11-16-5-2-3-8-18(16)19)20-17-7-4-6-15(12-17)14-9-10-14/h2-3,5,8,13-15,17,20H,4,6-7,9-12H2,1H3. The zero-order valence-corrected chi connectivity index (χ0v) is 13.2. The predicted molar refractivity (Wildman–Crippen MR) is 86.2 cm³/mol. The molecular weight excluding hydrogens is 266 g/mol. The number of halogens is 1. The van der Waals surface area contributed by atoms with Crippen LogP contribution in [0.3, 0.4) is 0 Å². The van der Waals surface area contributed by atoms with Gasteiger partial charge in [0, 0.05) is 17.1 Å². The van der Waals surface area contributed by atoms with Gasteiger partial charge in [0.2, 0.25) is 0 Å². The van der Waals surface area contributed by atoms with Gasteiger partial charge < -0.3 is 5.32 Å². The Balaban J connectivity index is 1.50. The third-order valence-electron chi connectivity index (χ3n) is 5.01. The Morgan fingerprint density at radius 3 is 2.70 bits per heavy atom. The lowest BCUT2D eigenvalue weighted by atomic mass is 9.82. The first kappa shape index (κ1) is 14.4. The Morgan fingerprint density at radius 2 is 1.95 bits per heavy atom. The van der Waals surface area contributed by atoms with E-state index in [1.807, 2.05) is 12.1 Å². The van der Waals surface area contributed by atoms with Gasteiger partial charge in [0.05, 0.1) is 0 Å². The van der Waals surface area contributed by atoms with Gasteiger partial charge in [-0.1, -0.05) is 42.6 Å². The van der Waals surface area contributed by atoms with Crippen LogP contribution in [0.5, 0.6) is 0 Å². The second-order valence-corrected chi connectivity index (χ2v) is 7.23. The minimum absolute atomic E-state index is 0.512. The summed E-state index contributed by atoms with van der Waals surface area (Å²) in [7, 11) is 0. The maximum absolute atomic E-state index is 6.26. The largest absolute Gasteiger partial charge is 0.311 e. The Labute approximate surface area is 128 Å². The number of benzene rings is 1. The zero-order valence-electron chi connectivity index (χ0n) is 12.4. The van der Waals surface area contributed by atoms with Gasteiger partial charge in [-0.15, -0.1) is 0 Å². The molecule has 2 fully saturated rings. The minimum atomic E-state index is 0.512. The van der Waals surface area contributed by atoms with Crippen molar-refractivity contribution in [3.63, 3.8) is 0 Å². The van der Waals surface area contributed by atoms with Gasteiger partial charge in [0.15, 0.2) is 0 Å². The Kier molecular flexibility index (Phi) is 4.68. The second kappa shape index (κ2) is 6.49. The first-order chi connectivity index (χ1) is 9.72. The Hall–Kier alpha value is -0.530. The van der Waals surface area contributed by atoms with Gasteiger partial charge in [0.1, 0.15) is 0 Å². The van der Waals surface area contributed by atoms with E-state index in [-0.39, 0.29) is 0 Å². The highest BCUT2D eigenvalue weighted by molar-refractivity contribution is 6.31. The number of hydrogen-bond acceptors (Lipinski definition) is 1. The lowest BCUT2D eigenvalue weighted by Crippen LogP contribution is -2.41. The molecule has 0 radical (unpaired) electrons. The molecule has 0 bridgehead atoms. The first-order valence-corrected chi connectivity index (χ1v) is 8.59.